The molecule has 0 heterocycles. The quantitative estimate of drug-likeness (QED) is 0.0812. The van der Waals surface area contributed by atoms with E-state index in [2.05, 4.69) is 5.32 Å². The number of aliphatic carboxylic acids is 1. The summed E-state index contributed by atoms with van der Waals surface area (Å²) in [5, 5.41) is 11.3. The van der Waals surface area contributed by atoms with Gasteiger partial charge in [0.2, 0.25) is 5.91 Å². The summed E-state index contributed by atoms with van der Waals surface area (Å²) in [6.45, 7) is 0. The van der Waals surface area contributed by atoms with Crippen LogP contribution in [-0.4, -0.2) is 28.5 Å². The smallest absolute Gasteiger partial charge is 0.303 e. The van der Waals surface area contributed by atoms with Crippen molar-refractivity contribution in [2.45, 2.75) is 141 Å². The van der Waals surface area contributed by atoms with Crippen LogP contribution in [0, 0.1) is 11.8 Å². The number of hydrogen-bond acceptors (Lipinski definition) is 7. The van der Waals surface area contributed by atoms with Crippen LogP contribution in [0.2, 0.25) is 0 Å². The van der Waals surface area contributed by atoms with Gasteiger partial charge in [-0.25, -0.2) is 0 Å². The van der Waals surface area contributed by atoms with Crippen molar-refractivity contribution >= 4 is 46.2 Å². The summed E-state index contributed by atoms with van der Waals surface area (Å²) in [4.78, 5) is 46.1. The lowest BCUT2D eigenvalue weighted by Crippen LogP contribution is -2.17. The van der Waals surface area contributed by atoms with Crippen LogP contribution in [0.25, 0.3) is 0 Å². The SMILES string of the molecule is Nc1ccccc1N.Nc1ccccc1NC(=O)CCCCCCC(=O)C1CCCCC1.O=C(O)CCCCCCC(=O)C1CCCCC1. The zero-order valence-electron chi connectivity index (χ0n) is 29.6. The fraction of sp³-hybridized carbons (Fsp3) is 0.600. The molecule has 4 rings (SSSR count). The molecule has 0 unspecified atom stereocenters. The van der Waals surface area contributed by atoms with Crippen molar-refractivity contribution in [3.63, 3.8) is 0 Å². The van der Waals surface area contributed by atoms with Gasteiger partial charge < -0.3 is 27.6 Å². The molecule has 0 radical (unpaired) electrons. The molecule has 2 fully saturated rings. The van der Waals surface area contributed by atoms with Crippen molar-refractivity contribution in [2.75, 3.05) is 22.5 Å². The minimum Gasteiger partial charge on any atom is -0.481 e. The van der Waals surface area contributed by atoms with E-state index < -0.39 is 5.97 Å². The topological polar surface area (TPSA) is 179 Å². The number of Topliss-reactive ketones (excluding diaryl/α,β-unsaturated/α-hetero) is 2. The molecule has 0 atom stereocenters. The number of rotatable bonds is 17. The van der Waals surface area contributed by atoms with Crippen molar-refractivity contribution in [1.29, 1.82) is 0 Å². The molecule has 2 aromatic carbocycles. The molecule has 2 saturated carbocycles. The van der Waals surface area contributed by atoms with E-state index in [1.54, 1.807) is 18.2 Å². The number of carboxylic acid groups (broad SMARTS) is 1. The number of amides is 1. The molecule has 1 amide bonds. The van der Waals surface area contributed by atoms with E-state index in [4.69, 9.17) is 22.3 Å². The number of benzene rings is 2. The van der Waals surface area contributed by atoms with Gasteiger partial charge in [0.15, 0.2) is 0 Å². The second-order valence-electron chi connectivity index (χ2n) is 13.6. The van der Waals surface area contributed by atoms with Crippen molar-refractivity contribution < 1.29 is 24.3 Å². The van der Waals surface area contributed by atoms with Gasteiger partial charge in [0.05, 0.1) is 22.7 Å². The highest BCUT2D eigenvalue weighted by atomic mass is 16.4. The van der Waals surface area contributed by atoms with Gasteiger partial charge in [0, 0.05) is 37.5 Å². The molecule has 2 aliphatic carbocycles. The second-order valence-corrected chi connectivity index (χ2v) is 13.6. The summed E-state index contributed by atoms with van der Waals surface area (Å²) in [6.07, 6.45) is 21.5. The Kier molecular flexibility index (Phi) is 21.2. The van der Waals surface area contributed by atoms with E-state index in [9.17, 15) is 19.2 Å². The van der Waals surface area contributed by atoms with Gasteiger partial charge in [-0.3, -0.25) is 19.2 Å². The van der Waals surface area contributed by atoms with Crippen LogP contribution in [0.4, 0.5) is 22.7 Å². The highest BCUT2D eigenvalue weighted by Crippen LogP contribution is 2.27. The Morgan fingerprint density at radius 2 is 0.918 bits per heavy atom. The molecule has 0 spiro atoms. The van der Waals surface area contributed by atoms with Crippen molar-refractivity contribution in [3.8, 4) is 0 Å². The number of nitrogens with two attached hydrogens (primary N) is 3. The molecule has 9 nitrogen and oxygen atoms in total. The number of anilines is 4. The Balaban J connectivity index is 0.000000288. The molecule has 8 N–H and O–H groups in total. The molecule has 2 aromatic rings. The molecule has 272 valence electrons. The van der Waals surface area contributed by atoms with Crippen LogP contribution in [0.5, 0.6) is 0 Å². The van der Waals surface area contributed by atoms with Gasteiger partial charge in [0.1, 0.15) is 11.6 Å². The first-order valence-electron chi connectivity index (χ1n) is 18.7. The van der Waals surface area contributed by atoms with Crippen molar-refractivity contribution in [2.24, 2.45) is 11.8 Å². The summed E-state index contributed by atoms with van der Waals surface area (Å²) in [7, 11) is 0. The minimum atomic E-state index is -0.719. The Hall–Kier alpha value is -3.88. The van der Waals surface area contributed by atoms with Gasteiger partial charge in [-0.2, -0.15) is 0 Å². The van der Waals surface area contributed by atoms with Crippen LogP contribution >= 0.6 is 0 Å². The molecule has 0 aliphatic heterocycles. The molecule has 9 heteroatoms. The zero-order valence-corrected chi connectivity index (χ0v) is 29.6. The predicted octanol–water partition coefficient (Wildman–Crippen LogP) is 9.11. The average Bonchev–Trinajstić information content (AvgIpc) is 3.11. The number of carboxylic acids is 1. The largest absolute Gasteiger partial charge is 0.481 e. The average molecular weight is 679 g/mol. The van der Waals surface area contributed by atoms with Crippen molar-refractivity contribution in [1.82, 2.24) is 0 Å². The standard InChI is InChI=1S/C20H30N2O2.C14H24O3.C6H8N2/c21-17-12-8-9-13-18(17)22-20(24)15-7-2-1-6-14-19(23)16-10-4-3-5-11-16;15-13(12-8-4-3-5-9-12)10-6-1-2-7-11-14(16)17;7-5-3-1-2-4-6(5)8/h8-9,12-13,16H,1-7,10-11,14-15,21H2,(H,22,24);12H,1-11H2,(H,16,17);1-4H,7-8H2. The number of carbonyl (C=O) groups excluding carboxylic acids is 3. The minimum absolute atomic E-state index is 0.00572. The van der Waals surface area contributed by atoms with Gasteiger partial charge >= 0.3 is 5.97 Å². The maximum absolute atomic E-state index is 12.1. The molecule has 49 heavy (non-hydrogen) atoms. The lowest BCUT2D eigenvalue weighted by molar-refractivity contribution is -0.137. The van der Waals surface area contributed by atoms with Gasteiger partial charge in [0.25, 0.3) is 0 Å². The van der Waals surface area contributed by atoms with E-state index >= 15 is 0 Å². The number of hydrogen-bond donors (Lipinski definition) is 5. The first-order chi connectivity index (χ1) is 23.7. The summed E-state index contributed by atoms with van der Waals surface area (Å²) < 4.78 is 0. The predicted molar refractivity (Wildman–Crippen MR) is 201 cm³/mol. The van der Waals surface area contributed by atoms with E-state index in [-0.39, 0.29) is 12.3 Å². The Morgan fingerprint density at radius 3 is 1.33 bits per heavy atom. The fourth-order valence-electron chi connectivity index (χ4n) is 6.46. The number of para-hydroxylation sites is 4. The van der Waals surface area contributed by atoms with Crippen LogP contribution in [0.3, 0.4) is 0 Å². The second kappa shape index (κ2) is 25.1. The maximum Gasteiger partial charge on any atom is 0.303 e. The van der Waals surface area contributed by atoms with E-state index in [0.29, 0.717) is 59.0 Å². The Labute approximate surface area is 294 Å². The van der Waals surface area contributed by atoms with Gasteiger partial charge in [-0.15, -0.1) is 0 Å². The molecule has 0 bridgehead atoms. The van der Waals surface area contributed by atoms with Crippen LogP contribution < -0.4 is 22.5 Å². The summed E-state index contributed by atoms with van der Waals surface area (Å²) in [5.41, 5.74) is 19.2. The van der Waals surface area contributed by atoms with Crippen LogP contribution in [0.1, 0.15) is 141 Å². The Bertz CT molecular complexity index is 1230. The highest BCUT2D eigenvalue weighted by Gasteiger charge is 2.21. The van der Waals surface area contributed by atoms with E-state index in [1.807, 2.05) is 30.3 Å². The number of nitrogen functional groups attached to an aromatic ring is 3. The zero-order chi connectivity index (χ0) is 35.7. The normalized spacial score (nSPS) is 14.8. The van der Waals surface area contributed by atoms with Gasteiger partial charge in [-0.1, -0.05) is 88.5 Å². The fourth-order valence-corrected chi connectivity index (χ4v) is 6.46. The third-order valence-corrected chi connectivity index (χ3v) is 9.49. The number of carbonyl (C=O) groups is 4. The summed E-state index contributed by atoms with van der Waals surface area (Å²) in [5.74, 6) is 0.869. The van der Waals surface area contributed by atoms with Crippen LogP contribution in [0.15, 0.2) is 48.5 Å². The first-order valence-corrected chi connectivity index (χ1v) is 18.7. The maximum atomic E-state index is 12.1. The molecule has 0 aromatic heterocycles. The van der Waals surface area contributed by atoms with Crippen molar-refractivity contribution in [3.05, 3.63) is 48.5 Å². The van der Waals surface area contributed by atoms with Gasteiger partial charge in [-0.05, 0) is 75.6 Å². The number of unbranched alkanes of at least 4 members (excludes halogenated alkanes) is 6. The lowest BCUT2D eigenvalue weighted by atomic mass is 9.84. The first kappa shape index (κ1) is 41.3. The number of ketones is 2. The highest BCUT2D eigenvalue weighted by molar-refractivity contribution is 5.93. The number of nitrogens with one attached hydrogen (secondary N) is 1. The summed E-state index contributed by atoms with van der Waals surface area (Å²) >= 11 is 0. The molecule has 2 aliphatic rings. The van der Waals surface area contributed by atoms with E-state index in [1.165, 1.54) is 38.5 Å². The molecule has 0 saturated heterocycles. The lowest BCUT2D eigenvalue weighted by Gasteiger charge is -2.20. The third-order valence-electron chi connectivity index (χ3n) is 9.49. The molecular formula is C40H62N4O5. The van der Waals surface area contributed by atoms with Crippen LogP contribution in [-0.2, 0) is 19.2 Å². The van der Waals surface area contributed by atoms with E-state index in [0.717, 1.165) is 83.5 Å². The molecular weight excluding hydrogens is 616 g/mol. The summed E-state index contributed by atoms with van der Waals surface area (Å²) in [6, 6.07) is 14.5. The monoisotopic (exact) mass is 678 g/mol. The Morgan fingerprint density at radius 1 is 0.531 bits per heavy atom. The third kappa shape index (κ3) is 19.0.